The van der Waals surface area contributed by atoms with Crippen molar-refractivity contribution >= 4 is 5.52 Å². The van der Waals surface area contributed by atoms with E-state index in [0.29, 0.717) is 12.5 Å². The van der Waals surface area contributed by atoms with Crippen molar-refractivity contribution in [2.75, 3.05) is 0 Å². The van der Waals surface area contributed by atoms with E-state index in [1.54, 1.807) is 0 Å². The Morgan fingerprint density at radius 1 is 1.47 bits per heavy atom. The predicted octanol–water partition coefficient (Wildman–Crippen LogP) is 1.99. The Morgan fingerprint density at radius 3 is 2.93 bits per heavy atom. The Kier molecular flexibility index (Phi) is 2.73. The third-order valence-corrected chi connectivity index (χ3v) is 2.50. The Morgan fingerprint density at radius 2 is 2.27 bits per heavy atom. The summed E-state index contributed by atoms with van der Waals surface area (Å²) in [7, 11) is 0. The largest absolute Gasteiger partial charge is 0.326 e. The van der Waals surface area contributed by atoms with E-state index in [9.17, 15) is 0 Å². The first-order valence-corrected chi connectivity index (χ1v) is 5.35. The second-order valence-corrected chi connectivity index (χ2v) is 4.31. The number of hydrogen-bond donors (Lipinski definition) is 1. The van der Waals surface area contributed by atoms with Gasteiger partial charge in [-0.3, -0.25) is 0 Å². The Labute approximate surface area is 89.9 Å². The number of rotatable bonds is 3. The van der Waals surface area contributed by atoms with Crippen LogP contribution >= 0.6 is 0 Å². The number of fused-ring (bicyclic) bond motifs is 1. The van der Waals surface area contributed by atoms with Crippen LogP contribution in [-0.4, -0.2) is 9.38 Å². The van der Waals surface area contributed by atoms with Gasteiger partial charge in [0.2, 0.25) is 0 Å². The van der Waals surface area contributed by atoms with Crippen molar-refractivity contribution in [2.45, 2.75) is 26.8 Å². The molecule has 2 N–H and O–H groups in total. The minimum Gasteiger partial charge on any atom is -0.326 e. The van der Waals surface area contributed by atoms with Gasteiger partial charge in [-0.1, -0.05) is 13.8 Å². The third-order valence-electron chi connectivity index (χ3n) is 2.50. The van der Waals surface area contributed by atoms with E-state index in [1.165, 1.54) is 0 Å². The van der Waals surface area contributed by atoms with Gasteiger partial charge in [-0.25, -0.2) is 4.98 Å². The Hall–Kier alpha value is -1.35. The monoisotopic (exact) mass is 203 g/mol. The third kappa shape index (κ3) is 2.02. The summed E-state index contributed by atoms with van der Waals surface area (Å²) < 4.78 is 2.14. The van der Waals surface area contributed by atoms with Gasteiger partial charge in [0.25, 0.3) is 0 Å². The van der Waals surface area contributed by atoms with Gasteiger partial charge in [-0.15, -0.1) is 0 Å². The highest BCUT2D eigenvalue weighted by atomic mass is 15.0. The lowest BCUT2D eigenvalue weighted by atomic mass is 10.1. The molecule has 0 fully saturated rings. The zero-order chi connectivity index (χ0) is 10.8. The van der Waals surface area contributed by atoms with E-state index >= 15 is 0 Å². The van der Waals surface area contributed by atoms with Crippen LogP contribution in [0.5, 0.6) is 0 Å². The van der Waals surface area contributed by atoms with Crippen molar-refractivity contribution in [1.29, 1.82) is 0 Å². The molecule has 0 aromatic carbocycles. The second-order valence-electron chi connectivity index (χ2n) is 4.31. The van der Waals surface area contributed by atoms with Crippen LogP contribution in [-0.2, 0) is 13.0 Å². The molecule has 0 saturated carbocycles. The fraction of sp³-hybridized carbons (Fsp3) is 0.417. The standard InChI is InChI=1S/C12H17N3/c1-9(2)5-12-14-8-11-6-10(7-13)3-4-15(11)12/h3-4,6,8-9H,5,7,13H2,1-2H3. The molecule has 3 nitrogen and oxygen atoms in total. The van der Waals surface area contributed by atoms with E-state index in [2.05, 4.69) is 41.6 Å². The molecule has 80 valence electrons. The average molecular weight is 203 g/mol. The van der Waals surface area contributed by atoms with Crippen molar-refractivity contribution in [3.05, 3.63) is 35.9 Å². The smallest absolute Gasteiger partial charge is 0.113 e. The Bertz CT molecular complexity index is 457. The molecule has 0 spiro atoms. The molecule has 0 radical (unpaired) electrons. The molecule has 0 amide bonds. The molecule has 3 heteroatoms. The fourth-order valence-electron chi connectivity index (χ4n) is 1.74. The van der Waals surface area contributed by atoms with Crippen LogP contribution in [0, 0.1) is 5.92 Å². The summed E-state index contributed by atoms with van der Waals surface area (Å²) >= 11 is 0. The molecule has 0 unspecified atom stereocenters. The van der Waals surface area contributed by atoms with Crippen LogP contribution < -0.4 is 5.73 Å². The first-order chi connectivity index (χ1) is 7.20. The molecule has 15 heavy (non-hydrogen) atoms. The van der Waals surface area contributed by atoms with Crippen LogP contribution in [0.1, 0.15) is 25.2 Å². The molecule has 0 saturated heterocycles. The van der Waals surface area contributed by atoms with Crippen LogP contribution in [0.4, 0.5) is 0 Å². The predicted molar refractivity (Wildman–Crippen MR) is 61.6 cm³/mol. The number of pyridine rings is 1. The molecule has 0 atom stereocenters. The van der Waals surface area contributed by atoms with Gasteiger partial charge in [0.1, 0.15) is 5.82 Å². The minimum atomic E-state index is 0.585. The SMILES string of the molecule is CC(C)Cc1ncc2cc(CN)ccn12. The van der Waals surface area contributed by atoms with Gasteiger partial charge in [0.05, 0.1) is 11.7 Å². The highest BCUT2D eigenvalue weighted by Crippen LogP contribution is 2.12. The zero-order valence-electron chi connectivity index (χ0n) is 9.27. The van der Waals surface area contributed by atoms with Crippen molar-refractivity contribution in [1.82, 2.24) is 9.38 Å². The maximum absolute atomic E-state index is 5.60. The number of nitrogens with zero attached hydrogens (tertiary/aromatic N) is 2. The molecule has 2 heterocycles. The summed E-state index contributed by atoms with van der Waals surface area (Å²) in [5, 5.41) is 0. The van der Waals surface area contributed by atoms with Gasteiger partial charge in [-0.2, -0.15) is 0 Å². The second kappa shape index (κ2) is 4.03. The highest BCUT2D eigenvalue weighted by Gasteiger charge is 2.05. The van der Waals surface area contributed by atoms with Crippen LogP contribution in [0.25, 0.3) is 5.52 Å². The highest BCUT2D eigenvalue weighted by molar-refractivity contribution is 5.48. The summed E-state index contributed by atoms with van der Waals surface area (Å²) in [5.74, 6) is 1.76. The molecule has 0 aliphatic carbocycles. The van der Waals surface area contributed by atoms with Crippen molar-refractivity contribution < 1.29 is 0 Å². The Balaban J connectivity index is 2.43. The van der Waals surface area contributed by atoms with E-state index in [-0.39, 0.29) is 0 Å². The molecule has 2 aromatic heterocycles. The summed E-state index contributed by atoms with van der Waals surface area (Å²) in [6.07, 6.45) is 4.98. The van der Waals surface area contributed by atoms with Gasteiger partial charge in [-0.05, 0) is 23.6 Å². The zero-order valence-corrected chi connectivity index (χ0v) is 9.27. The van der Waals surface area contributed by atoms with E-state index in [4.69, 9.17) is 5.73 Å². The first kappa shape index (κ1) is 10.2. The maximum atomic E-state index is 5.60. The number of hydrogen-bond acceptors (Lipinski definition) is 2. The quantitative estimate of drug-likeness (QED) is 0.829. The number of imidazole rings is 1. The molecule has 0 aliphatic rings. The maximum Gasteiger partial charge on any atom is 0.113 e. The first-order valence-electron chi connectivity index (χ1n) is 5.35. The normalized spacial score (nSPS) is 11.5. The van der Waals surface area contributed by atoms with Gasteiger partial charge in [0, 0.05) is 19.2 Å². The van der Waals surface area contributed by atoms with Crippen molar-refractivity contribution in [3.8, 4) is 0 Å². The van der Waals surface area contributed by atoms with E-state index in [1.807, 2.05) is 6.20 Å². The minimum absolute atomic E-state index is 0.585. The molecule has 2 rings (SSSR count). The van der Waals surface area contributed by atoms with Crippen molar-refractivity contribution in [2.24, 2.45) is 11.7 Å². The van der Waals surface area contributed by atoms with Crippen LogP contribution in [0.2, 0.25) is 0 Å². The van der Waals surface area contributed by atoms with Crippen molar-refractivity contribution in [3.63, 3.8) is 0 Å². The van der Waals surface area contributed by atoms with Gasteiger partial charge >= 0.3 is 0 Å². The summed E-state index contributed by atoms with van der Waals surface area (Å²) in [5.41, 5.74) is 7.88. The summed E-state index contributed by atoms with van der Waals surface area (Å²) in [6.45, 7) is 4.99. The average Bonchev–Trinajstić information content (AvgIpc) is 2.60. The molecular formula is C12H17N3. The summed E-state index contributed by atoms with van der Waals surface area (Å²) in [6, 6.07) is 4.15. The van der Waals surface area contributed by atoms with E-state index in [0.717, 1.165) is 23.3 Å². The fourth-order valence-corrected chi connectivity index (χ4v) is 1.74. The lowest BCUT2D eigenvalue weighted by Gasteiger charge is -2.04. The van der Waals surface area contributed by atoms with Gasteiger partial charge < -0.3 is 10.1 Å². The topological polar surface area (TPSA) is 43.3 Å². The van der Waals surface area contributed by atoms with Gasteiger partial charge in [0.15, 0.2) is 0 Å². The van der Waals surface area contributed by atoms with Crippen LogP contribution in [0.15, 0.2) is 24.5 Å². The summed E-state index contributed by atoms with van der Waals surface area (Å²) in [4.78, 5) is 4.43. The number of aromatic nitrogens is 2. The molecule has 0 bridgehead atoms. The number of nitrogens with two attached hydrogens (primary N) is 1. The lowest BCUT2D eigenvalue weighted by molar-refractivity contribution is 0.619. The van der Waals surface area contributed by atoms with Crippen LogP contribution in [0.3, 0.4) is 0 Å². The lowest BCUT2D eigenvalue weighted by Crippen LogP contribution is -2.01. The molecular weight excluding hydrogens is 186 g/mol. The molecule has 0 aliphatic heterocycles. The van der Waals surface area contributed by atoms with E-state index < -0.39 is 0 Å². The molecule has 2 aromatic rings.